The van der Waals surface area contributed by atoms with Crippen LogP contribution in [0.3, 0.4) is 0 Å². The number of rotatable bonds is 5. The summed E-state index contributed by atoms with van der Waals surface area (Å²) in [5.74, 6) is 1.49. The van der Waals surface area contributed by atoms with E-state index in [2.05, 4.69) is 21.8 Å². The lowest BCUT2D eigenvalue weighted by atomic mass is 9.80. The van der Waals surface area contributed by atoms with Gasteiger partial charge in [-0.05, 0) is 90.5 Å². The maximum atomic E-state index is 15.2. The van der Waals surface area contributed by atoms with E-state index in [1.165, 1.54) is 11.8 Å². The highest BCUT2D eigenvalue weighted by Gasteiger charge is 2.33. The van der Waals surface area contributed by atoms with Gasteiger partial charge >= 0.3 is 0 Å². The second kappa shape index (κ2) is 9.10. The van der Waals surface area contributed by atoms with Gasteiger partial charge in [-0.2, -0.15) is 0 Å². The fourth-order valence-corrected chi connectivity index (χ4v) is 6.08. The van der Waals surface area contributed by atoms with Gasteiger partial charge in [0, 0.05) is 37.3 Å². The Morgan fingerprint density at radius 1 is 1.03 bits per heavy atom. The Balaban J connectivity index is 1.31. The summed E-state index contributed by atoms with van der Waals surface area (Å²) in [6.07, 6.45) is 10.1. The molecule has 178 valence electrons. The van der Waals surface area contributed by atoms with Crippen LogP contribution in [0.1, 0.15) is 48.8 Å². The third kappa shape index (κ3) is 4.45. The minimum Gasteiger partial charge on any atom is -0.341 e. The first-order valence-electron chi connectivity index (χ1n) is 12.0. The zero-order chi connectivity index (χ0) is 23.9. The number of sulfone groups is 1. The fourth-order valence-electron chi connectivity index (χ4n) is 5.45. The van der Waals surface area contributed by atoms with E-state index in [0.717, 1.165) is 62.3 Å². The van der Waals surface area contributed by atoms with Crippen LogP contribution in [0.15, 0.2) is 53.7 Å². The van der Waals surface area contributed by atoms with E-state index in [1.54, 1.807) is 30.3 Å². The van der Waals surface area contributed by atoms with E-state index < -0.39 is 9.84 Å². The maximum absolute atomic E-state index is 15.2. The summed E-state index contributed by atoms with van der Waals surface area (Å²) < 4.78 is 38.7. The first-order valence-corrected chi connectivity index (χ1v) is 13.9. The number of piperidine rings is 1. The minimum absolute atomic E-state index is 0.236. The molecule has 7 heteroatoms. The zero-order valence-corrected chi connectivity index (χ0v) is 20.5. The molecule has 0 spiro atoms. The summed E-state index contributed by atoms with van der Waals surface area (Å²) in [7, 11) is -3.27. The average molecular weight is 480 g/mol. The molecule has 0 amide bonds. The topological polar surface area (TPSA) is 63.2 Å². The van der Waals surface area contributed by atoms with Gasteiger partial charge in [0.15, 0.2) is 9.84 Å². The highest BCUT2D eigenvalue weighted by molar-refractivity contribution is 7.90. The molecular formula is C27H30FN3O2S. The molecule has 0 bridgehead atoms. The number of fused-ring (bicyclic) bond motifs is 1. The van der Waals surface area contributed by atoms with Gasteiger partial charge in [0.05, 0.1) is 4.90 Å². The summed E-state index contributed by atoms with van der Waals surface area (Å²) in [5.41, 5.74) is 4.76. The first kappa shape index (κ1) is 23.0. The van der Waals surface area contributed by atoms with Crippen LogP contribution in [0, 0.1) is 11.7 Å². The van der Waals surface area contributed by atoms with Crippen molar-refractivity contribution < 1.29 is 12.8 Å². The van der Waals surface area contributed by atoms with Crippen molar-refractivity contribution in [2.24, 2.45) is 5.92 Å². The monoisotopic (exact) mass is 479 g/mol. The van der Waals surface area contributed by atoms with Gasteiger partial charge in [0.1, 0.15) is 5.82 Å². The number of halogens is 1. The van der Waals surface area contributed by atoms with Crippen LogP contribution in [0.4, 0.5) is 10.3 Å². The van der Waals surface area contributed by atoms with Crippen molar-refractivity contribution in [2.75, 3.05) is 24.2 Å². The molecular weight excluding hydrogens is 449 g/mol. The van der Waals surface area contributed by atoms with Crippen LogP contribution in [-0.4, -0.2) is 37.7 Å². The van der Waals surface area contributed by atoms with Crippen molar-refractivity contribution in [3.63, 3.8) is 0 Å². The van der Waals surface area contributed by atoms with E-state index >= 15 is 4.39 Å². The van der Waals surface area contributed by atoms with Gasteiger partial charge in [-0.3, -0.25) is 0 Å². The third-order valence-corrected chi connectivity index (χ3v) is 8.57. The van der Waals surface area contributed by atoms with Crippen molar-refractivity contribution in [1.29, 1.82) is 0 Å². The van der Waals surface area contributed by atoms with Gasteiger partial charge in [-0.15, -0.1) is 0 Å². The van der Waals surface area contributed by atoms with Crippen molar-refractivity contribution in [3.05, 3.63) is 71.3 Å². The lowest BCUT2D eigenvalue weighted by Crippen LogP contribution is -2.36. The molecule has 2 aliphatic rings. The number of aromatic nitrogens is 2. The molecule has 2 heterocycles. The largest absolute Gasteiger partial charge is 0.341 e. The smallest absolute Gasteiger partial charge is 0.225 e. The molecule has 1 aliphatic carbocycles. The molecule has 1 atom stereocenters. The van der Waals surface area contributed by atoms with Crippen LogP contribution < -0.4 is 4.90 Å². The van der Waals surface area contributed by atoms with Crippen LogP contribution in [0.5, 0.6) is 0 Å². The molecule has 5 nitrogen and oxygen atoms in total. The number of hydrogen-bond acceptors (Lipinski definition) is 5. The molecule has 1 aliphatic heterocycles. The Morgan fingerprint density at radius 3 is 2.32 bits per heavy atom. The Kier molecular flexibility index (Phi) is 6.15. The Hall–Kier alpha value is -2.80. The number of nitrogens with zero attached hydrogens (tertiary/aromatic N) is 3. The van der Waals surface area contributed by atoms with Gasteiger partial charge < -0.3 is 4.90 Å². The maximum Gasteiger partial charge on any atom is 0.225 e. The molecule has 0 radical (unpaired) electrons. The number of aryl methyl sites for hydroxylation is 2. The fraction of sp³-hybridized carbons (Fsp3) is 0.407. The summed E-state index contributed by atoms with van der Waals surface area (Å²) in [4.78, 5) is 11.6. The van der Waals surface area contributed by atoms with Crippen molar-refractivity contribution in [1.82, 2.24) is 9.97 Å². The Morgan fingerprint density at radius 2 is 1.71 bits per heavy atom. The lowest BCUT2D eigenvalue weighted by Gasteiger charge is -2.35. The zero-order valence-electron chi connectivity index (χ0n) is 19.7. The number of hydrogen-bond donors (Lipinski definition) is 0. The van der Waals surface area contributed by atoms with E-state index in [-0.39, 0.29) is 10.7 Å². The average Bonchev–Trinajstić information content (AvgIpc) is 3.26. The quantitative estimate of drug-likeness (QED) is 0.504. The summed E-state index contributed by atoms with van der Waals surface area (Å²) >= 11 is 0. The van der Waals surface area contributed by atoms with E-state index in [4.69, 9.17) is 0 Å². The van der Waals surface area contributed by atoms with E-state index in [0.29, 0.717) is 23.0 Å². The highest BCUT2D eigenvalue weighted by Crippen LogP contribution is 2.44. The summed E-state index contributed by atoms with van der Waals surface area (Å²) in [5, 5.41) is 0. The number of anilines is 1. The van der Waals surface area contributed by atoms with Crippen LogP contribution in [0.25, 0.3) is 11.1 Å². The SMILES string of the molecule is CCc1cnc(N2CCC(C3CCc4cc(-c5ccc(S(C)(=O)=O)cc5)c(F)cc43)CC2)nc1. The van der Waals surface area contributed by atoms with Gasteiger partial charge in [0.25, 0.3) is 0 Å². The number of benzene rings is 2. The second-order valence-electron chi connectivity index (χ2n) is 9.54. The summed E-state index contributed by atoms with van der Waals surface area (Å²) in [6, 6.07) is 10.2. The predicted molar refractivity (Wildman–Crippen MR) is 132 cm³/mol. The summed E-state index contributed by atoms with van der Waals surface area (Å²) in [6.45, 7) is 3.95. The Labute approximate surface area is 201 Å². The molecule has 1 fully saturated rings. The highest BCUT2D eigenvalue weighted by atomic mass is 32.2. The van der Waals surface area contributed by atoms with Gasteiger partial charge in [0.2, 0.25) is 5.95 Å². The third-order valence-electron chi connectivity index (χ3n) is 7.44. The molecule has 1 aromatic heterocycles. The standard InChI is InChI=1S/C27H30FN3O2S/c1-3-18-16-29-27(30-17-18)31-12-10-20(11-13-31)23-9-6-21-14-25(26(28)15-24(21)23)19-4-7-22(8-5-19)34(2,32)33/h4-5,7-8,14-17,20,23H,3,6,9-13H2,1-2H3. The van der Waals surface area contributed by atoms with Crippen LogP contribution >= 0.6 is 0 Å². The van der Waals surface area contributed by atoms with E-state index in [1.807, 2.05) is 18.5 Å². The van der Waals surface area contributed by atoms with Crippen molar-refractivity contribution in [2.45, 2.75) is 49.8 Å². The molecule has 34 heavy (non-hydrogen) atoms. The molecule has 1 unspecified atom stereocenters. The molecule has 0 N–H and O–H groups in total. The molecule has 0 saturated carbocycles. The van der Waals surface area contributed by atoms with Gasteiger partial charge in [-0.25, -0.2) is 22.8 Å². The molecule has 2 aromatic carbocycles. The van der Waals surface area contributed by atoms with Gasteiger partial charge in [-0.1, -0.05) is 19.1 Å². The minimum atomic E-state index is -3.27. The Bertz CT molecular complexity index is 1280. The first-order chi connectivity index (χ1) is 16.3. The molecule has 3 aromatic rings. The molecule has 1 saturated heterocycles. The van der Waals surface area contributed by atoms with E-state index in [9.17, 15) is 8.42 Å². The van der Waals surface area contributed by atoms with Crippen molar-refractivity contribution >= 4 is 15.8 Å². The van der Waals surface area contributed by atoms with Crippen molar-refractivity contribution in [3.8, 4) is 11.1 Å². The lowest BCUT2D eigenvalue weighted by molar-refractivity contribution is 0.336. The normalized spacial score (nSPS) is 18.8. The van der Waals surface area contributed by atoms with Crippen LogP contribution in [-0.2, 0) is 22.7 Å². The molecule has 5 rings (SSSR count). The second-order valence-corrected chi connectivity index (χ2v) is 11.6. The van der Waals surface area contributed by atoms with Crippen LogP contribution in [0.2, 0.25) is 0 Å². The predicted octanol–water partition coefficient (Wildman–Crippen LogP) is 5.20.